The van der Waals surface area contributed by atoms with Gasteiger partial charge in [-0.05, 0) is 12.3 Å². The van der Waals surface area contributed by atoms with Gasteiger partial charge in [-0.15, -0.1) is 0 Å². The van der Waals surface area contributed by atoms with E-state index in [4.69, 9.17) is 0 Å². The third-order valence-corrected chi connectivity index (χ3v) is 2.72. The van der Waals surface area contributed by atoms with Gasteiger partial charge in [0.05, 0.1) is 5.69 Å². The SMILES string of the molecule is CCc1c(O)c(=O)ccn1C(C(=O)O)C(C)C. The predicted molar refractivity (Wildman–Crippen MR) is 63.3 cm³/mol. The molecule has 0 aromatic carbocycles. The van der Waals surface area contributed by atoms with Crippen LogP contribution < -0.4 is 5.43 Å². The average molecular weight is 239 g/mol. The van der Waals surface area contributed by atoms with Crippen molar-refractivity contribution in [3.8, 4) is 5.75 Å². The fourth-order valence-electron chi connectivity index (χ4n) is 1.92. The van der Waals surface area contributed by atoms with Gasteiger partial charge in [-0.1, -0.05) is 20.8 Å². The molecular formula is C12H17NO4. The van der Waals surface area contributed by atoms with Crippen molar-refractivity contribution in [2.45, 2.75) is 33.2 Å². The minimum Gasteiger partial charge on any atom is -0.503 e. The third kappa shape index (κ3) is 2.49. The molecule has 1 rings (SSSR count). The summed E-state index contributed by atoms with van der Waals surface area (Å²) in [6.45, 7) is 5.34. The minimum absolute atomic E-state index is 0.139. The number of pyridine rings is 1. The Balaban J connectivity index is 3.44. The molecule has 2 N–H and O–H groups in total. The molecule has 0 saturated heterocycles. The van der Waals surface area contributed by atoms with Gasteiger partial charge in [0.2, 0.25) is 5.43 Å². The Bertz CT molecular complexity index is 476. The van der Waals surface area contributed by atoms with Crippen LogP contribution in [0.2, 0.25) is 0 Å². The summed E-state index contributed by atoms with van der Waals surface area (Å²) >= 11 is 0. The third-order valence-electron chi connectivity index (χ3n) is 2.72. The van der Waals surface area contributed by atoms with Gasteiger partial charge in [0.15, 0.2) is 5.75 Å². The van der Waals surface area contributed by atoms with Crippen molar-refractivity contribution in [1.29, 1.82) is 0 Å². The van der Waals surface area contributed by atoms with E-state index >= 15 is 0 Å². The lowest BCUT2D eigenvalue weighted by molar-refractivity contribution is -0.142. The van der Waals surface area contributed by atoms with Crippen LogP contribution in [0.15, 0.2) is 17.1 Å². The van der Waals surface area contributed by atoms with E-state index in [1.807, 2.05) is 0 Å². The maximum absolute atomic E-state index is 11.3. The second-order valence-corrected chi connectivity index (χ2v) is 4.26. The van der Waals surface area contributed by atoms with Crippen LogP contribution in [0.25, 0.3) is 0 Å². The van der Waals surface area contributed by atoms with Gasteiger partial charge in [0.1, 0.15) is 6.04 Å². The zero-order chi connectivity index (χ0) is 13.2. The van der Waals surface area contributed by atoms with Crippen molar-refractivity contribution >= 4 is 5.97 Å². The van der Waals surface area contributed by atoms with Crippen LogP contribution >= 0.6 is 0 Å². The Morgan fingerprint density at radius 3 is 2.47 bits per heavy atom. The van der Waals surface area contributed by atoms with Gasteiger partial charge >= 0.3 is 5.97 Å². The maximum Gasteiger partial charge on any atom is 0.326 e. The zero-order valence-electron chi connectivity index (χ0n) is 10.2. The molecule has 0 fully saturated rings. The monoisotopic (exact) mass is 239 g/mol. The second-order valence-electron chi connectivity index (χ2n) is 4.26. The number of rotatable bonds is 4. The number of aromatic nitrogens is 1. The van der Waals surface area contributed by atoms with Crippen LogP contribution in [0.4, 0.5) is 0 Å². The van der Waals surface area contributed by atoms with Gasteiger partial charge in [-0.2, -0.15) is 0 Å². The number of nitrogens with zero attached hydrogens (tertiary/aromatic N) is 1. The largest absolute Gasteiger partial charge is 0.503 e. The van der Waals surface area contributed by atoms with E-state index in [9.17, 15) is 19.8 Å². The average Bonchev–Trinajstić information content (AvgIpc) is 2.23. The number of hydrogen-bond acceptors (Lipinski definition) is 3. The highest BCUT2D eigenvalue weighted by atomic mass is 16.4. The van der Waals surface area contributed by atoms with E-state index in [-0.39, 0.29) is 11.7 Å². The summed E-state index contributed by atoms with van der Waals surface area (Å²) in [7, 11) is 0. The summed E-state index contributed by atoms with van der Waals surface area (Å²) in [5.74, 6) is -1.47. The minimum atomic E-state index is -0.974. The van der Waals surface area contributed by atoms with Crippen molar-refractivity contribution in [3.05, 3.63) is 28.2 Å². The summed E-state index contributed by atoms with van der Waals surface area (Å²) in [6.07, 6.45) is 1.83. The van der Waals surface area contributed by atoms with Crippen molar-refractivity contribution in [1.82, 2.24) is 4.57 Å². The molecular weight excluding hydrogens is 222 g/mol. The van der Waals surface area contributed by atoms with Crippen LogP contribution in [-0.2, 0) is 11.2 Å². The lowest BCUT2D eigenvalue weighted by Crippen LogP contribution is -2.27. The number of aromatic hydroxyl groups is 1. The Kier molecular flexibility index (Phi) is 3.93. The molecule has 5 nitrogen and oxygen atoms in total. The van der Waals surface area contributed by atoms with Crippen LogP contribution in [0.5, 0.6) is 5.75 Å². The number of aliphatic carboxylic acids is 1. The first-order valence-electron chi connectivity index (χ1n) is 5.55. The van der Waals surface area contributed by atoms with E-state index in [1.165, 1.54) is 16.8 Å². The Morgan fingerprint density at radius 1 is 1.47 bits per heavy atom. The van der Waals surface area contributed by atoms with E-state index in [0.717, 1.165) is 0 Å². The molecule has 0 amide bonds. The second kappa shape index (κ2) is 5.03. The summed E-state index contributed by atoms with van der Waals surface area (Å²) in [4.78, 5) is 22.5. The molecule has 1 aromatic rings. The Hall–Kier alpha value is -1.78. The van der Waals surface area contributed by atoms with Crippen LogP contribution in [0.1, 0.15) is 32.5 Å². The van der Waals surface area contributed by atoms with Crippen LogP contribution in [0, 0.1) is 5.92 Å². The fourth-order valence-corrected chi connectivity index (χ4v) is 1.92. The number of hydrogen-bond donors (Lipinski definition) is 2. The Labute approximate surface area is 99.3 Å². The highest BCUT2D eigenvalue weighted by Gasteiger charge is 2.25. The van der Waals surface area contributed by atoms with Crippen molar-refractivity contribution < 1.29 is 15.0 Å². The van der Waals surface area contributed by atoms with Gasteiger partial charge in [-0.3, -0.25) is 4.79 Å². The topological polar surface area (TPSA) is 79.5 Å². The highest BCUT2D eigenvalue weighted by molar-refractivity contribution is 5.72. The highest BCUT2D eigenvalue weighted by Crippen LogP contribution is 2.23. The molecule has 0 aliphatic carbocycles. The van der Waals surface area contributed by atoms with Gasteiger partial charge in [0.25, 0.3) is 0 Å². The standard InChI is InChI=1S/C12H17NO4/c1-4-8-11(15)9(14)5-6-13(8)10(7(2)3)12(16)17/h5-7,10,15H,4H2,1-3H3,(H,16,17). The zero-order valence-corrected chi connectivity index (χ0v) is 10.2. The van der Waals surface area contributed by atoms with Gasteiger partial charge in [-0.25, -0.2) is 4.79 Å². The van der Waals surface area contributed by atoms with E-state index in [0.29, 0.717) is 12.1 Å². The predicted octanol–water partition coefficient (Wildman–Crippen LogP) is 1.40. The molecule has 1 heterocycles. The van der Waals surface area contributed by atoms with Crippen molar-refractivity contribution in [3.63, 3.8) is 0 Å². The fraction of sp³-hybridized carbons (Fsp3) is 0.500. The molecule has 94 valence electrons. The first kappa shape index (κ1) is 13.3. The molecule has 17 heavy (non-hydrogen) atoms. The molecule has 0 saturated carbocycles. The van der Waals surface area contributed by atoms with Crippen LogP contribution in [0.3, 0.4) is 0 Å². The normalized spacial score (nSPS) is 12.7. The lowest BCUT2D eigenvalue weighted by atomic mass is 10.0. The molecule has 0 aliphatic heterocycles. The van der Waals surface area contributed by atoms with E-state index in [1.54, 1.807) is 20.8 Å². The molecule has 0 bridgehead atoms. The van der Waals surface area contributed by atoms with Crippen molar-refractivity contribution in [2.75, 3.05) is 0 Å². The summed E-state index contributed by atoms with van der Waals surface area (Å²) in [5, 5.41) is 18.9. The van der Waals surface area contributed by atoms with Crippen molar-refractivity contribution in [2.24, 2.45) is 5.92 Å². The number of carboxylic acids is 1. The summed E-state index contributed by atoms with van der Waals surface area (Å²) < 4.78 is 1.46. The lowest BCUT2D eigenvalue weighted by Gasteiger charge is -2.23. The molecule has 0 radical (unpaired) electrons. The molecule has 0 spiro atoms. The first-order valence-corrected chi connectivity index (χ1v) is 5.55. The first-order chi connectivity index (χ1) is 7.90. The van der Waals surface area contributed by atoms with E-state index in [2.05, 4.69) is 0 Å². The van der Waals surface area contributed by atoms with E-state index < -0.39 is 17.4 Å². The van der Waals surface area contributed by atoms with Crippen LogP contribution in [-0.4, -0.2) is 20.7 Å². The summed E-state index contributed by atoms with van der Waals surface area (Å²) in [6, 6.07) is 0.406. The van der Waals surface area contributed by atoms with Gasteiger partial charge < -0.3 is 14.8 Å². The number of carboxylic acid groups (broad SMARTS) is 1. The Morgan fingerprint density at radius 2 is 2.06 bits per heavy atom. The van der Waals surface area contributed by atoms with Gasteiger partial charge in [0, 0.05) is 12.3 Å². The molecule has 0 aliphatic rings. The molecule has 5 heteroatoms. The quantitative estimate of drug-likeness (QED) is 0.832. The summed E-state index contributed by atoms with van der Waals surface area (Å²) in [5.41, 5.74) is -0.121. The maximum atomic E-state index is 11.3. The smallest absolute Gasteiger partial charge is 0.326 e. The molecule has 1 aromatic heterocycles. The molecule has 1 unspecified atom stereocenters. The number of carbonyl (C=O) groups is 1. The molecule has 1 atom stereocenters.